The predicted octanol–water partition coefficient (Wildman–Crippen LogP) is 3.69. The number of anilines is 1. The summed E-state index contributed by atoms with van der Waals surface area (Å²) >= 11 is 5.97. The topological polar surface area (TPSA) is 102 Å². The molecule has 9 heteroatoms. The summed E-state index contributed by atoms with van der Waals surface area (Å²) in [6.45, 7) is -0.399. The molecule has 0 spiro atoms. The van der Waals surface area contributed by atoms with Gasteiger partial charge in [-0.25, -0.2) is 13.2 Å². The summed E-state index contributed by atoms with van der Waals surface area (Å²) in [5.74, 6) is -1.27. The minimum absolute atomic E-state index is 0.0160. The molecule has 0 saturated carbocycles. The molecule has 0 bridgehead atoms. The van der Waals surface area contributed by atoms with Gasteiger partial charge in [-0.2, -0.15) is 0 Å². The highest BCUT2D eigenvalue weighted by atomic mass is 35.5. The van der Waals surface area contributed by atoms with E-state index in [4.69, 9.17) is 16.3 Å². The van der Waals surface area contributed by atoms with Crippen LogP contribution in [0.4, 0.5) is 5.69 Å². The van der Waals surface area contributed by atoms with Crippen LogP contribution in [-0.2, 0) is 14.8 Å². The first-order valence-electron chi connectivity index (χ1n) is 8.74. The van der Waals surface area contributed by atoms with E-state index in [0.29, 0.717) is 5.56 Å². The van der Waals surface area contributed by atoms with E-state index in [-0.39, 0.29) is 21.2 Å². The first-order valence-corrected chi connectivity index (χ1v) is 10.6. The molecule has 0 aliphatic carbocycles. The Labute approximate surface area is 178 Å². The zero-order valence-electron chi connectivity index (χ0n) is 15.5. The zero-order valence-corrected chi connectivity index (χ0v) is 17.1. The third kappa shape index (κ3) is 5.37. The second-order valence-corrected chi connectivity index (χ2v) is 8.18. The summed E-state index contributed by atoms with van der Waals surface area (Å²) in [6.07, 6.45) is 0. The molecule has 0 unspecified atom stereocenters. The number of nitrogens with one attached hydrogen (secondary N) is 2. The van der Waals surface area contributed by atoms with E-state index >= 15 is 0 Å². The molecule has 154 valence electrons. The number of esters is 1. The van der Waals surface area contributed by atoms with Crippen LogP contribution in [0.25, 0.3) is 0 Å². The highest BCUT2D eigenvalue weighted by molar-refractivity contribution is 7.92. The lowest BCUT2D eigenvalue weighted by atomic mass is 10.1. The van der Waals surface area contributed by atoms with Gasteiger partial charge >= 0.3 is 5.97 Å². The van der Waals surface area contributed by atoms with Crippen molar-refractivity contribution in [1.29, 1.82) is 0 Å². The number of ether oxygens (including phenoxy) is 1. The van der Waals surface area contributed by atoms with Crippen LogP contribution in [-0.4, -0.2) is 27.0 Å². The molecule has 0 aliphatic heterocycles. The fourth-order valence-corrected chi connectivity index (χ4v) is 3.79. The molecule has 0 fully saturated rings. The molecule has 0 heterocycles. The number of sulfonamides is 1. The average molecular weight is 445 g/mol. The Morgan fingerprint density at radius 2 is 1.53 bits per heavy atom. The van der Waals surface area contributed by atoms with E-state index in [0.717, 1.165) is 0 Å². The third-order valence-corrected chi connectivity index (χ3v) is 5.59. The Balaban J connectivity index is 1.71. The van der Waals surface area contributed by atoms with Crippen LogP contribution in [0.3, 0.4) is 0 Å². The smallest absolute Gasteiger partial charge is 0.339 e. The Morgan fingerprint density at radius 3 is 2.20 bits per heavy atom. The van der Waals surface area contributed by atoms with Crippen LogP contribution in [0.2, 0.25) is 5.02 Å². The number of benzene rings is 3. The lowest BCUT2D eigenvalue weighted by Crippen LogP contribution is -2.29. The van der Waals surface area contributed by atoms with Crippen molar-refractivity contribution in [3.8, 4) is 0 Å². The molecule has 30 heavy (non-hydrogen) atoms. The lowest BCUT2D eigenvalue weighted by Gasteiger charge is -2.13. The summed E-state index contributed by atoms with van der Waals surface area (Å²) in [6, 6.07) is 20.2. The first-order chi connectivity index (χ1) is 14.4. The Kier molecular flexibility index (Phi) is 6.71. The largest absolute Gasteiger partial charge is 0.441 e. The number of carbonyl (C=O) groups excluding carboxylic acids is 2. The number of hydrogen-bond acceptors (Lipinski definition) is 5. The third-order valence-electron chi connectivity index (χ3n) is 3.97. The number of rotatable bonds is 7. The standard InChI is InChI=1S/C21H17ClN2O5S/c22-16-11-12-19(24-30(27,28)17-9-5-2-6-10-17)18(13-16)20(25)23-14-29-21(26)15-7-3-1-4-8-15/h1-13,24H,14H2,(H,23,25). The van der Waals surface area contributed by atoms with Gasteiger partial charge in [0.25, 0.3) is 15.9 Å². The van der Waals surface area contributed by atoms with E-state index in [1.807, 2.05) is 0 Å². The van der Waals surface area contributed by atoms with Gasteiger partial charge in [0, 0.05) is 5.02 Å². The number of amides is 1. The fraction of sp³-hybridized carbons (Fsp3) is 0.0476. The van der Waals surface area contributed by atoms with Gasteiger partial charge in [0.05, 0.1) is 21.7 Å². The quantitative estimate of drug-likeness (QED) is 0.427. The lowest BCUT2D eigenvalue weighted by molar-refractivity contribution is 0.0464. The van der Waals surface area contributed by atoms with E-state index in [1.165, 1.54) is 30.3 Å². The molecule has 0 atom stereocenters. The SMILES string of the molecule is O=C(OCNC(=O)c1cc(Cl)ccc1NS(=O)(=O)c1ccccc1)c1ccccc1. The molecule has 3 rings (SSSR count). The summed E-state index contributed by atoms with van der Waals surface area (Å²) in [5.41, 5.74) is 0.360. The number of carbonyl (C=O) groups is 2. The minimum Gasteiger partial charge on any atom is -0.441 e. The van der Waals surface area contributed by atoms with Crippen molar-refractivity contribution < 1.29 is 22.7 Å². The van der Waals surface area contributed by atoms with Crippen LogP contribution in [0.5, 0.6) is 0 Å². The first kappa shape index (κ1) is 21.4. The van der Waals surface area contributed by atoms with Crippen molar-refractivity contribution in [2.75, 3.05) is 11.5 Å². The molecule has 3 aromatic carbocycles. The minimum atomic E-state index is -3.91. The van der Waals surface area contributed by atoms with Gasteiger partial charge in [0.1, 0.15) is 0 Å². The van der Waals surface area contributed by atoms with Crippen molar-refractivity contribution in [3.05, 3.63) is 95.0 Å². The van der Waals surface area contributed by atoms with Crippen LogP contribution in [0.15, 0.2) is 83.8 Å². The van der Waals surface area contributed by atoms with Gasteiger partial charge in [0.15, 0.2) is 6.73 Å². The van der Waals surface area contributed by atoms with E-state index in [2.05, 4.69) is 10.0 Å². The Hall–Kier alpha value is -3.36. The summed E-state index contributed by atoms with van der Waals surface area (Å²) in [5, 5.41) is 2.66. The maximum absolute atomic E-state index is 12.6. The highest BCUT2D eigenvalue weighted by Crippen LogP contribution is 2.23. The molecule has 7 nitrogen and oxygen atoms in total. The van der Waals surface area contributed by atoms with Crippen molar-refractivity contribution in [2.24, 2.45) is 0 Å². The molecule has 2 N–H and O–H groups in total. The van der Waals surface area contributed by atoms with Gasteiger partial charge in [-0.05, 0) is 42.5 Å². The maximum Gasteiger partial charge on any atom is 0.339 e. The zero-order chi connectivity index (χ0) is 21.6. The summed E-state index contributed by atoms with van der Waals surface area (Å²) < 4.78 is 32.6. The Morgan fingerprint density at radius 1 is 0.900 bits per heavy atom. The molecule has 0 aromatic heterocycles. The highest BCUT2D eigenvalue weighted by Gasteiger charge is 2.19. The van der Waals surface area contributed by atoms with Crippen molar-refractivity contribution in [1.82, 2.24) is 5.32 Å². The van der Waals surface area contributed by atoms with Crippen LogP contribution in [0.1, 0.15) is 20.7 Å². The molecule has 1 amide bonds. The molecule has 0 aliphatic rings. The molecule has 0 radical (unpaired) electrons. The Bertz CT molecular complexity index is 1150. The summed E-state index contributed by atoms with van der Waals surface area (Å²) in [7, 11) is -3.91. The van der Waals surface area contributed by atoms with Crippen LogP contribution in [0, 0.1) is 0 Å². The maximum atomic E-state index is 12.6. The molecule has 3 aromatic rings. The second-order valence-electron chi connectivity index (χ2n) is 6.06. The van der Waals surface area contributed by atoms with Gasteiger partial charge in [0.2, 0.25) is 0 Å². The van der Waals surface area contributed by atoms with Crippen molar-refractivity contribution >= 4 is 39.2 Å². The van der Waals surface area contributed by atoms with Gasteiger partial charge < -0.3 is 10.1 Å². The second kappa shape index (κ2) is 9.43. The van der Waals surface area contributed by atoms with Gasteiger partial charge in [-0.15, -0.1) is 0 Å². The average Bonchev–Trinajstić information content (AvgIpc) is 2.76. The van der Waals surface area contributed by atoms with E-state index in [1.54, 1.807) is 48.5 Å². The molecular weight excluding hydrogens is 428 g/mol. The van der Waals surface area contributed by atoms with Crippen molar-refractivity contribution in [2.45, 2.75) is 4.90 Å². The normalized spacial score (nSPS) is 10.8. The van der Waals surface area contributed by atoms with Crippen molar-refractivity contribution in [3.63, 3.8) is 0 Å². The van der Waals surface area contributed by atoms with Gasteiger partial charge in [-0.1, -0.05) is 48.0 Å². The monoisotopic (exact) mass is 444 g/mol. The van der Waals surface area contributed by atoms with Crippen LogP contribution >= 0.6 is 11.6 Å². The number of hydrogen-bond donors (Lipinski definition) is 2. The number of halogens is 1. The fourth-order valence-electron chi connectivity index (χ4n) is 2.52. The predicted molar refractivity (Wildman–Crippen MR) is 113 cm³/mol. The van der Waals surface area contributed by atoms with Gasteiger partial charge in [-0.3, -0.25) is 9.52 Å². The van der Waals surface area contributed by atoms with Crippen LogP contribution < -0.4 is 10.0 Å². The summed E-state index contributed by atoms with van der Waals surface area (Å²) in [4.78, 5) is 24.5. The van der Waals surface area contributed by atoms with E-state index in [9.17, 15) is 18.0 Å². The van der Waals surface area contributed by atoms with E-state index < -0.39 is 28.6 Å². The molecular formula is C21H17ClN2O5S. The molecule has 0 saturated heterocycles.